The van der Waals surface area contributed by atoms with Crippen molar-refractivity contribution < 1.29 is 14.0 Å². The minimum Gasteiger partial charge on any atom is -0.321 e. The van der Waals surface area contributed by atoms with Crippen LogP contribution in [0.1, 0.15) is 19.8 Å². The van der Waals surface area contributed by atoms with Gasteiger partial charge in [0.15, 0.2) is 0 Å². The van der Waals surface area contributed by atoms with Crippen molar-refractivity contribution in [2.45, 2.75) is 23.3 Å². The predicted molar refractivity (Wildman–Crippen MR) is 51.0 cm³/mol. The SMILES string of the molecule is CCCCOP(=O)(O)C(Cl)(Cl)Cl. The van der Waals surface area contributed by atoms with Gasteiger partial charge in [-0.15, -0.1) is 0 Å². The molecule has 0 fully saturated rings. The van der Waals surface area contributed by atoms with Crippen LogP contribution in [-0.2, 0) is 9.09 Å². The molecule has 0 amide bonds. The monoisotopic (exact) mass is 254 g/mol. The van der Waals surface area contributed by atoms with Crippen molar-refractivity contribution in [3.63, 3.8) is 0 Å². The van der Waals surface area contributed by atoms with Crippen LogP contribution < -0.4 is 0 Å². The predicted octanol–water partition coefficient (Wildman–Crippen LogP) is 3.32. The van der Waals surface area contributed by atoms with E-state index in [-0.39, 0.29) is 6.61 Å². The second kappa shape index (κ2) is 5.04. The second-order valence-corrected chi connectivity index (χ2v) is 7.22. The zero-order valence-corrected chi connectivity index (χ0v) is 9.63. The Hall–Kier alpha value is 1.02. The van der Waals surface area contributed by atoms with Gasteiger partial charge in [-0.05, 0) is 6.42 Å². The maximum Gasteiger partial charge on any atom is 0.379 e. The Morgan fingerprint density at radius 2 is 2.00 bits per heavy atom. The van der Waals surface area contributed by atoms with E-state index in [9.17, 15) is 4.57 Å². The van der Waals surface area contributed by atoms with Crippen LogP contribution in [0.5, 0.6) is 0 Å². The van der Waals surface area contributed by atoms with Crippen molar-refractivity contribution in [2.24, 2.45) is 0 Å². The summed E-state index contributed by atoms with van der Waals surface area (Å²) in [5, 5.41) is 0. The summed E-state index contributed by atoms with van der Waals surface area (Å²) >= 11 is 15.6. The summed E-state index contributed by atoms with van der Waals surface area (Å²) in [4.78, 5) is 9.02. The molecule has 0 aliphatic heterocycles. The normalized spacial score (nSPS) is 17.4. The topological polar surface area (TPSA) is 46.5 Å². The van der Waals surface area contributed by atoms with Gasteiger partial charge in [-0.3, -0.25) is 4.57 Å². The minimum absolute atomic E-state index is 0.123. The van der Waals surface area contributed by atoms with Crippen LogP contribution in [0.15, 0.2) is 0 Å². The molecule has 12 heavy (non-hydrogen) atoms. The highest BCUT2D eigenvalue weighted by Gasteiger charge is 2.44. The van der Waals surface area contributed by atoms with Crippen molar-refractivity contribution >= 4 is 42.4 Å². The highest BCUT2D eigenvalue weighted by Crippen LogP contribution is 2.62. The van der Waals surface area contributed by atoms with Gasteiger partial charge in [-0.25, -0.2) is 0 Å². The molecule has 0 saturated heterocycles. The first-order valence-corrected chi connectivity index (χ1v) is 6.06. The highest BCUT2D eigenvalue weighted by atomic mass is 35.6. The van der Waals surface area contributed by atoms with Gasteiger partial charge < -0.3 is 9.42 Å². The van der Waals surface area contributed by atoms with Gasteiger partial charge in [-0.2, -0.15) is 0 Å². The number of unbranched alkanes of at least 4 members (excludes halogenated alkanes) is 1. The first-order valence-electron chi connectivity index (χ1n) is 3.35. The Balaban J connectivity index is 3.98. The molecule has 0 aromatic heterocycles. The average molecular weight is 255 g/mol. The van der Waals surface area contributed by atoms with Crippen LogP contribution in [-0.4, -0.2) is 15.0 Å². The van der Waals surface area contributed by atoms with Crippen LogP contribution in [0.25, 0.3) is 0 Å². The van der Waals surface area contributed by atoms with Gasteiger partial charge in [0, 0.05) is 0 Å². The molecule has 3 nitrogen and oxygen atoms in total. The van der Waals surface area contributed by atoms with Gasteiger partial charge in [0.25, 0.3) is 3.53 Å². The number of rotatable bonds is 4. The van der Waals surface area contributed by atoms with Gasteiger partial charge in [0.05, 0.1) is 6.61 Å². The summed E-state index contributed by atoms with van der Waals surface area (Å²) in [7, 11) is -4.11. The molecule has 0 heterocycles. The Kier molecular flexibility index (Phi) is 5.47. The van der Waals surface area contributed by atoms with Crippen molar-refractivity contribution in [3.8, 4) is 0 Å². The molecule has 74 valence electrons. The lowest BCUT2D eigenvalue weighted by Gasteiger charge is -2.18. The molecule has 1 unspecified atom stereocenters. The number of hydrogen-bond acceptors (Lipinski definition) is 2. The Bertz CT molecular complexity index is 179. The highest BCUT2D eigenvalue weighted by molar-refractivity contribution is 7.61. The fraction of sp³-hybridized carbons (Fsp3) is 1.00. The Morgan fingerprint density at radius 3 is 2.33 bits per heavy atom. The molecule has 0 bridgehead atoms. The zero-order valence-electron chi connectivity index (χ0n) is 6.47. The standard InChI is InChI=1S/C5H10Cl3O3P/c1-2-3-4-11-12(9,10)5(6,7)8/h2-4H2,1H3,(H,9,10). The minimum atomic E-state index is -4.11. The van der Waals surface area contributed by atoms with Crippen LogP contribution in [0.2, 0.25) is 0 Å². The quantitative estimate of drug-likeness (QED) is 0.476. The second-order valence-electron chi connectivity index (χ2n) is 2.18. The molecule has 0 aromatic rings. The number of halogens is 3. The van der Waals surface area contributed by atoms with Gasteiger partial charge in [0.1, 0.15) is 0 Å². The molecule has 0 aliphatic rings. The van der Waals surface area contributed by atoms with Crippen LogP contribution >= 0.6 is 42.4 Å². The lowest BCUT2D eigenvalue weighted by Crippen LogP contribution is -2.07. The smallest absolute Gasteiger partial charge is 0.321 e. The maximum absolute atomic E-state index is 11.0. The summed E-state index contributed by atoms with van der Waals surface area (Å²) in [6.45, 7) is 2.04. The molecule has 0 radical (unpaired) electrons. The Morgan fingerprint density at radius 1 is 1.50 bits per heavy atom. The first-order chi connectivity index (χ1) is 5.31. The van der Waals surface area contributed by atoms with Crippen molar-refractivity contribution in [2.75, 3.05) is 6.61 Å². The van der Waals surface area contributed by atoms with E-state index in [1.54, 1.807) is 0 Å². The van der Waals surface area contributed by atoms with Gasteiger partial charge in [-0.1, -0.05) is 48.1 Å². The lowest BCUT2D eigenvalue weighted by molar-refractivity contribution is 0.255. The van der Waals surface area contributed by atoms with E-state index in [1.807, 2.05) is 6.92 Å². The van der Waals surface area contributed by atoms with E-state index in [4.69, 9.17) is 39.7 Å². The molecular formula is C5H10Cl3O3P. The van der Waals surface area contributed by atoms with E-state index in [2.05, 4.69) is 4.52 Å². The van der Waals surface area contributed by atoms with E-state index in [1.165, 1.54) is 0 Å². The summed E-state index contributed by atoms with van der Waals surface area (Å²) in [5.41, 5.74) is 0. The summed E-state index contributed by atoms with van der Waals surface area (Å²) in [5.74, 6) is 0. The van der Waals surface area contributed by atoms with E-state index >= 15 is 0 Å². The fourth-order valence-electron chi connectivity index (χ4n) is 0.406. The summed E-state index contributed by atoms with van der Waals surface area (Å²) in [6, 6.07) is 0. The van der Waals surface area contributed by atoms with E-state index < -0.39 is 11.1 Å². The largest absolute Gasteiger partial charge is 0.379 e. The van der Waals surface area contributed by atoms with Crippen molar-refractivity contribution in [1.29, 1.82) is 0 Å². The molecule has 0 aromatic carbocycles. The number of alkyl halides is 3. The molecule has 0 aliphatic carbocycles. The molecule has 0 saturated carbocycles. The number of hydrogen-bond donors (Lipinski definition) is 1. The molecule has 0 rings (SSSR count). The van der Waals surface area contributed by atoms with Crippen LogP contribution in [0.4, 0.5) is 0 Å². The molecule has 0 spiro atoms. The van der Waals surface area contributed by atoms with Gasteiger partial charge >= 0.3 is 7.60 Å². The van der Waals surface area contributed by atoms with Crippen LogP contribution in [0, 0.1) is 0 Å². The van der Waals surface area contributed by atoms with E-state index in [0.29, 0.717) is 6.42 Å². The zero-order chi connectivity index (χ0) is 9.83. The van der Waals surface area contributed by atoms with E-state index in [0.717, 1.165) is 6.42 Å². The molecule has 1 atom stereocenters. The molecule has 7 heteroatoms. The lowest BCUT2D eigenvalue weighted by atomic mass is 10.4. The Labute approximate surface area is 86.5 Å². The van der Waals surface area contributed by atoms with Gasteiger partial charge in [0.2, 0.25) is 0 Å². The van der Waals surface area contributed by atoms with Crippen molar-refractivity contribution in [1.82, 2.24) is 0 Å². The third kappa shape index (κ3) is 4.31. The maximum atomic E-state index is 11.0. The summed E-state index contributed by atoms with van der Waals surface area (Å²) in [6.07, 6.45) is 1.51. The average Bonchev–Trinajstić information content (AvgIpc) is 1.85. The van der Waals surface area contributed by atoms with Crippen LogP contribution in [0.3, 0.4) is 0 Å². The van der Waals surface area contributed by atoms with Crippen molar-refractivity contribution in [3.05, 3.63) is 0 Å². The first kappa shape index (κ1) is 13.0. The molecule has 1 N–H and O–H groups in total. The third-order valence-corrected chi connectivity index (χ3v) is 4.18. The fourth-order valence-corrected chi connectivity index (χ4v) is 1.37. The molecular weight excluding hydrogens is 245 g/mol. The third-order valence-electron chi connectivity index (χ3n) is 1.08. The summed E-state index contributed by atoms with van der Waals surface area (Å²) < 4.78 is 13.3.